The number of rotatable bonds is 18. The van der Waals surface area contributed by atoms with Gasteiger partial charge in [0.1, 0.15) is 12.4 Å². The van der Waals surface area contributed by atoms with E-state index in [9.17, 15) is 0 Å². The summed E-state index contributed by atoms with van der Waals surface area (Å²) < 4.78 is 32.4. The van der Waals surface area contributed by atoms with Crippen LogP contribution in [0.3, 0.4) is 0 Å². The van der Waals surface area contributed by atoms with Gasteiger partial charge in [0.05, 0.1) is 66.1 Å². The minimum Gasteiger partial charge on any atom is -0.491 e. The fourth-order valence-corrected chi connectivity index (χ4v) is 2.00. The Hall–Kier alpha value is -0.700. The molecule has 1 rings (SSSR count). The predicted octanol–water partition coefficient (Wildman–Crippen LogP) is 2.54. The minimum atomic E-state index is 0.536. The van der Waals surface area contributed by atoms with Crippen LogP contribution >= 0.6 is 15.9 Å². The lowest BCUT2D eigenvalue weighted by Gasteiger charge is -2.08. The molecule has 0 aromatic heterocycles. The van der Waals surface area contributed by atoms with E-state index >= 15 is 0 Å². The van der Waals surface area contributed by atoms with Crippen LogP contribution in [0.1, 0.15) is 0 Å². The summed E-state index contributed by atoms with van der Waals surface area (Å²) in [6, 6.07) is 9.69. The first-order valence-electron chi connectivity index (χ1n) is 8.56. The third-order valence-electron chi connectivity index (χ3n) is 2.95. The molecular weight excluding hydrogens is 392 g/mol. The molecule has 0 fully saturated rings. The third kappa shape index (κ3) is 15.3. The zero-order valence-electron chi connectivity index (χ0n) is 14.7. The maximum atomic E-state index is 5.52. The quantitative estimate of drug-likeness (QED) is 0.268. The Morgan fingerprint density at radius 1 is 0.520 bits per heavy atom. The molecule has 0 N–H and O–H groups in total. The smallest absolute Gasteiger partial charge is 0.119 e. The van der Waals surface area contributed by atoms with Crippen LogP contribution < -0.4 is 4.74 Å². The number of alkyl halides is 1. The topological polar surface area (TPSA) is 55.4 Å². The number of hydrogen-bond donors (Lipinski definition) is 0. The Bertz CT molecular complexity index is 379. The van der Waals surface area contributed by atoms with Crippen molar-refractivity contribution in [3.63, 3.8) is 0 Å². The summed E-state index contributed by atoms with van der Waals surface area (Å²) in [7, 11) is 0. The van der Waals surface area contributed by atoms with Gasteiger partial charge >= 0.3 is 0 Å². The number of para-hydroxylation sites is 1. The van der Waals surface area contributed by atoms with Gasteiger partial charge in [-0.05, 0) is 12.1 Å². The molecule has 0 radical (unpaired) electrons. The van der Waals surface area contributed by atoms with Crippen LogP contribution in [0, 0.1) is 0 Å². The molecule has 25 heavy (non-hydrogen) atoms. The summed E-state index contributed by atoms with van der Waals surface area (Å²) in [4.78, 5) is 0. The second-order valence-electron chi connectivity index (χ2n) is 4.91. The van der Waals surface area contributed by atoms with Crippen molar-refractivity contribution in [2.75, 3.05) is 78.0 Å². The largest absolute Gasteiger partial charge is 0.491 e. The van der Waals surface area contributed by atoms with E-state index < -0.39 is 0 Å². The fraction of sp³-hybridized carbons (Fsp3) is 0.667. The summed E-state index contributed by atoms with van der Waals surface area (Å²) in [5.41, 5.74) is 0. The van der Waals surface area contributed by atoms with Crippen molar-refractivity contribution in [3.05, 3.63) is 30.3 Å². The zero-order chi connectivity index (χ0) is 17.8. The van der Waals surface area contributed by atoms with E-state index in [2.05, 4.69) is 15.9 Å². The van der Waals surface area contributed by atoms with Crippen LogP contribution in [0.25, 0.3) is 0 Å². The maximum Gasteiger partial charge on any atom is 0.119 e. The summed E-state index contributed by atoms with van der Waals surface area (Å²) in [6.45, 7) is 6.35. The van der Waals surface area contributed by atoms with Gasteiger partial charge in [0.2, 0.25) is 0 Å². The lowest BCUT2D eigenvalue weighted by atomic mass is 10.3. The van der Waals surface area contributed by atoms with Gasteiger partial charge in [-0.1, -0.05) is 34.1 Å². The standard InChI is InChI=1S/C18H29BrO6/c19-6-7-20-8-9-21-10-11-22-12-13-23-14-15-24-16-17-25-18-4-2-1-3-5-18/h1-5H,6-17H2. The third-order valence-corrected chi connectivity index (χ3v) is 3.27. The van der Waals surface area contributed by atoms with Gasteiger partial charge in [0, 0.05) is 5.33 Å². The van der Waals surface area contributed by atoms with Gasteiger partial charge < -0.3 is 28.4 Å². The molecule has 7 heteroatoms. The molecule has 0 saturated carbocycles. The first kappa shape index (κ1) is 22.3. The van der Waals surface area contributed by atoms with E-state index in [0.717, 1.165) is 11.1 Å². The normalized spacial score (nSPS) is 10.9. The van der Waals surface area contributed by atoms with Crippen LogP contribution in [-0.4, -0.2) is 78.0 Å². The van der Waals surface area contributed by atoms with Gasteiger partial charge in [-0.2, -0.15) is 0 Å². The van der Waals surface area contributed by atoms with Crippen molar-refractivity contribution >= 4 is 15.9 Å². The highest BCUT2D eigenvalue weighted by Crippen LogP contribution is 2.07. The second-order valence-corrected chi connectivity index (χ2v) is 5.71. The summed E-state index contributed by atoms with van der Waals surface area (Å²) in [5, 5.41) is 0.850. The molecule has 6 nitrogen and oxygen atoms in total. The van der Waals surface area contributed by atoms with E-state index in [4.69, 9.17) is 28.4 Å². The molecule has 1 aromatic carbocycles. The molecule has 0 amide bonds. The maximum absolute atomic E-state index is 5.52. The number of ether oxygens (including phenoxy) is 6. The monoisotopic (exact) mass is 420 g/mol. The fourth-order valence-electron chi connectivity index (χ4n) is 1.77. The van der Waals surface area contributed by atoms with Crippen molar-refractivity contribution in [3.8, 4) is 5.75 Å². The Labute approximate surface area is 158 Å². The molecule has 0 aliphatic rings. The van der Waals surface area contributed by atoms with Crippen molar-refractivity contribution in [2.24, 2.45) is 0 Å². The highest BCUT2D eigenvalue weighted by atomic mass is 79.9. The Morgan fingerprint density at radius 3 is 1.36 bits per heavy atom. The second kappa shape index (κ2) is 18.1. The molecule has 0 heterocycles. The lowest BCUT2D eigenvalue weighted by molar-refractivity contribution is -0.0118. The van der Waals surface area contributed by atoms with Crippen LogP contribution in [0.2, 0.25) is 0 Å². The lowest BCUT2D eigenvalue weighted by Crippen LogP contribution is -2.14. The highest BCUT2D eigenvalue weighted by molar-refractivity contribution is 9.09. The first-order valence-corrected chi connectivity index (χ1v) is 9.68. The van der Waals surface area contributed by atoms with Gasteiger partial charge in [0.15, 0.2) is 0 Å². The molecule has 1 aromatic rings. The van der Waals surface area contributed by atoms with Crippen LogP contribution in [0.15, 0.2) is 30.3 Å². The average molecular weight is 421 g/mol. The molecule has 0 unspecified atom stereocenters. The number of benzene rings is 1. The molecule has 0 saturated heterocycles. The Kier molecular flexibility index (Phi) is 16.2. The SMILES string of the molecule is BrCCOCCOCCOCCOCCOCCOc1ccccc1. The van der Waals surface area contributed by atoms with Crippen molar-refractivity contribution < 1.29 is 28.4 Å². The van der Waals surface area contributed by atoms with Gasteiger partial charge in [-0.15, -0.1) is 0 Å². The van der Waals surface area contributed by atoms with Crippen LogP contribution in [-0.2, 0) is 23.7 Å². The van der Waals surface area contributed by atoms with E-state index in [0.29, 0.717) is 72.7 Å². The van der Waals surface area contributed by atoms with Crippen molar-refractivity contribution in [1.29, 1.82) is 0 Å². The molecule has 0 bridgehead atoms. The van der Waals surface area contributed by atoms with E-state index in [1.807, 2.05) is 30.3 Å². The highest BCUT2D eigenvalue weighted by Gasteiger charge is 1.94. The molecule has 144 valence electrons. The van der Waals surface area contributed by atoms with Gasteiger partial charge in [-0.25, -0.2) is 0 Å². The average Bonchev–Trinajstić information content (AvgIpc) is 2.65. The zero-order valence-corrected chi connectivity index (χ0v) is 16.3. The first-order chi connectivity index (χ1) is 12.4. The Balaban J connectivity index is 1.69. The summed E-state index contributed by atoms with van der Waals surface area (Å²) >= 11 is 3.29. The van der Waals surface area contributed by atoms with Crippen LogP contribution in [0.4, 0.5) is 0 Å². The summed E-state index contributed by atoms with van der Waals surface area (Å²) in [5.74, 6) is 0.856. The van der Waals surface area contributed by atoms with E-state index in [1.165, 1.54) is 0 Å². The van der Waals surface area contributed by atoms with E-state index in [1.54, 1.807) is 0 Å². The molecule has 0 spiro atoms. The number of halogens is 1. The van der Waals surface area contributed by atoms with Crippen molar-refractivity contribution in [2.45, 2.75) is 0 Å². The molecule has 0 aliphatic carbocycles. The number of hydrogen-bond acceptors (Lipinski definition) is 6. The van der Waals surface area contributed by atoms with E-state index in [-0.39, 0.29) is 0 Å². The molecular formula is C18H29BrO6. The van der Waals surface area contributed by atoms with Gasteiger partial charge in [-0.3, -0.25) is 0 Å². The Morgan fingerprint density at radius 2 is 0.920 bits per heavy atom. The van der Waals surface area contributed by atoms with Crippen LogP contribution in [0.5, 0.6) is 5.75 Å². The van der Waals surface area contributed by atoms with Crippen molar-refractivity contribution in [1.82, 2.24) is 0 Å². The molecule has 0 atom stereocenters. The minimum absolute atomic E-state index is 0.536. The molecule has 0 aliphatic heterocycles. The predicted molar refractivity (Wildman–Crippen MR) is 99.8 cm³/mol. The van der Waals surface area contributed by atoms with Gasteiger partial charge in [0.25, 0.3) is 0 Å². The summed E-state index contributed by atoms with van der Waals surface area (Å²) in [6.07, 6.45) is 0.